The smallest absolute Gasteiger partial charge is 0.251 e. The van der Waals surface area contributed by atoms with Crippen LogP contribution in [0.25, 0.3) is 22.0 Å². The van der Waals surface area contributed by atoms with Gasteiger partial charge in [0, 0.05) is 23.2 Å². The molecule has 1 aliphatic rings. The Hall–Kier alpha value is -3.14. The zero-order valence-corrected chi connectivity index (χ0v) is 14.2. The lowest BCUT2D eigenvalue weighted by Gasteiger charge is -2.20. The van der Waals surface area contributed by atoms with E-state index < -0.39 is 0 Å². The Labute approximate surface area is 150 Å². The lowest BCUT2D eigenvalue weighted by Crippen LogP contribution is -2.21. The summed E-state index contributed by atoms with van der Waals surface area (Å²) < 4.78 is 5.25. The topological polar surface area (TPSA) is 58.9 Å². The molecule has 128 valence electrons. The molecular formula is C22H18N2O2. The van der Waals surface area contributed by atoms with Crippen molar-refractivity contribution in [2.45, 2.75) is 25.2 Å². The second-order valence-corrected chi connectivity index (χ2v) is 6.93. The van der Waals surface area contributed by atoms with Crippen LogP contribution in [0.15, 0.2) is 70.1 Å². The van der Waals surface area contributed by atoms with Crippen LogP contribution in [0.1, 0.15) is 29.2 Å². The molecule has 5 rings (SSSR count). The van der Waals surface area contributed by atoms with Crippen LogP contribution in [-0.4, -0.2) is 10.1 Å². The van der Waals surface area contributed by atoms with Gasteiger partial charge in [-0.15, -0.1) is 0 Å². The molecule has 4 nitrogen and oxygen atoms in total. The molecule has 0 saturated heterocycles. The summed E-state index contributed by atoms with van der Waals surface area (Å²) in [7, 11) is 0. The zero-order valence-electron chi connectivity index (χ0n) is 14.2. The minimum absolute atomic E-state index is 0.000521. The monoisotopic (exact) mass is 342 g/mol. The number of fused-ring (bicyclic) bond motifs is 2. The minimum Gasteiger partial charge on any atom is -0.361 e. The molecule has 2 aromatic carbocycles. The van der Waals surface area contributed by atoms with Gasteiger partial charge in [0.1, 0.15) is 5.76 Å². The van der Waals surface area contributed by atoms with E-state index in [1.165, 1.54) is 10.8 Å². The highest BCUT2D eigenvalue weighted by molar-refractivity contribution is 5.86. The molecule has 4 aromatic rings. The van der Waals surface area contributed by atoms with Crippen LogP contribution >= 0.6 is 0 Å². The third-order valence-electron chi connectivity index (χ3n) is 5.36. The van der Waals surface area contributed by atoms with Crippen LogP contribution < -0.4 is 5.56 Å². The van der Waals surface area contributed by atoms with Gasteiger partial charge in [-0.05, 0) is 47.2 Å². The largest absolute Gasteiger partial charge is 0.361 e. The normalized spacial score (nSPS) is 16.5. The summed E-state index contributed by atoms with van der Waals surface area (Å²) in [5.41, 5.74) is 3.85. The number of aryl methyl sites for hydroxylation is 1. The molecule has 0 radical (unpaired) electrons. The molecule has 0 fully saturated rings. The number of aromatic amines is 1. The van der Waals surface area contributed by atoms with E-state index in [0.29, 0.717) is 0 Å². The maximum absolute atomic E-state index is 12.7. The van der Waals surface area contributed by atoms with E-state index >= 15 is 0 Å². The number of aromatic nitrogens is 2. The summed E-state index contributed by atoms with van der Waals surface area (Å²) in [4.78, 5) is 15.8. The number of hydrogen-bond donors (Lipinski definition) is 1. The molecule has 1 aliphatic carbocycles. The molecule has 0 spiro atoms. The van der Waals surface area contributed by atoms with E-state index in [-0.39, 0.29) is 11.5 Å². The molecule has 1 N–H and O–H groups in total. The first-order valence-electron chi connectivity index (χ1n) is 8.93. The van der Waals surface area contributed by atoms with Gasteiger partial charge in [0.05, 0.1) is 6.20 Å². The number of H-pyrrole nitrogens is 1. The van der Waals surface area contributed by atoms with Crippen LogP contribution in [0.4, 0.5) is 0 Å². The van der Waals surface area contributed by atoms with Crippen LogP contribution in [-0.2, 0) is 12.8 Å². The molecule has 0 amide bonds. The van der Waals surface area contributed by atoms with E-state index in [4.69, 9.17) is 4.52 Å². The van der Waals surface area contributed by atoms with Crippen LogP contribution in [0.3, 0.4) is 0 Å². The molecule has 1 atom stereocenters. The number of pyridine rings is 1. The van der Waals surface area contributed by atoms with E-state index in [0.717, 1.165) is 47.4 Å². The van der Waals surface area contributed by atoms with Crippen molar-refractivity contribution in [1.29, 1.82) is 0 Å². The quantitative estimate of drug-likeness (QED) is 0.585. The molecule has 1 unspecified atom stereocenters. The Morgan fingerprint density at radius 1 is 1.04 bits per heavy atom. The fourth-order valence-electron chi connectivity index (χ4n) is 3.93. The summed E-state index contributed by atoms with van der Waals surface area (Å²) in [6.45, 7) is 0. The number of benzene rings is 2. The molecule has 2 aromatic heterocycles. The van der Waals surface area contributed by atoms with Gasteiger partial charge in [-0.3, -0.25) is 4.79 Å². The zero-order chi connectivity index (χ0) is 17.5. The Morgan fingerprint density at radius 2 is 1.92 bits per heavy atom. The summed E-state index contributed by atoms with van der Waals surface area (Å²) in [6, 6.07) is 18.5. The molecular weight excluding hydrogens is 324 g/mol. The fourth-order valence-corrected chi connectivity index (χ4v) is 3.93. The van der Waals surface area contributed by atoms with E-state index in [1.54, 1.807) is 6.20 Å². The predicted molar refractivity (Wildman–Crippen MR) is 101 cm³/mol. The summed E-state index contributed by atoms with van der Waals surface area (Å²) in [5, 5.41) is 6.24. The van der Waals surface area contributed by atoms with E-state index in [1.807, 2.05) is 24.3 Å². The van der Waals surface area contributed by atoms with Crippen molar-refractivity contribution in [2.75, 3.05) is 0 Å². The fraction of sp³-hybridized carbons (Fsp3) is 0.182. The van der Waals surface area contributed by atoms with Gasteiger partial charge in [0.15, 0.2) is 0 Å². The van der Waals surface area contributed by atoms with Gasteiger partial charge in [0.2, 0.25) is 0 Å². The molecule has 0 aliphatic heterocycles. The molecule has 26 heavy (non-hydrogen) atoms. The van der Waals surface area contributed by atoms with Crippen molar-refractivity contribution in [1.82, 2.24) is 10.1 Å². The van der Waals surface area contributed by atoms with Crippen molar-refractivity contribution in [2.24, 2.45) is 0 Å². The van der Waals surface area contributed by atoms with Crippen molar-refractivity contribution in [3.63, 3.8) is 0 Å². The summed E-state index contributed by atoms with van der Waals surface area (Å²) in [5.74, 6) is 1.18. The summed E-state index contributed by atoms with van der Waals surface area (Å²) >= 11 is 0. The van der Waals surface area contributed by atoms with Gasteiger partial charge in [-0.25, -0.2) is 0 Å². The average Bonchev–Trinajstić information content (AvgIpc) is 3.15. The SMILES string of the molecule is O=c1[nH]c(-c2ccc3ccccc3c2)ccc1C1CCc2oncc2C1. The lowest BCUT2D eigenvalue weighted by atomic mass is 9.84. The minimum atomic E-state index is 0.000521. The van der Waals surface area contributed by atoms with Crippen LogP contribution in [0.5, 0.6) is 0 Å². The maximum Gasteiger partial charge on any atom is 0.251 e. The molecule has 0 bridgehead atoms. The standard InChI is InChI=1S/C22H18N2O2/c25-22-19(16-7-10-21-18(12-16)13-23-26-21)8-9-20(24-22)17-6-5-14-3-1-2-4-15(14)11-17/h1-6,8-9,11,13,16H,7,10,12H2,(H,24,25). The van der Waals surface area contributed by atoms with Crippen molar-refractivity contribution < 1.29 is 4.52 Å². The summed E-state index contributed by atoms with van der Waals surface area (Å²) in [6.07, 6.45) is 4.35. The van der Waals surface area contributed by atoms with Crippen molar-refractivity contribution in [3.05, 3.63) is 88.0 Å². The third-order valence-corrected chi connectivity index (χ3v) is 5.36. The third kappa shape index (κ3) is 2.54. The van der Waals surface area contributed by atoms with Gasteiger partial charge < -0.3 is 9.51 Å². The van der Waals surface area contributed by atoms with Crippen LogP contribution in [0, 0.1) is 0 Å². The van der Waals surface area contributed by atoms with Gasteiger partial charge in [0.25, 0.3) is 5.56 Å². The van der Waals surface area contributed by atoms with Crippen LogP contribution in [0.2, 0.25) is 0 Å². The Kier molecular flexibility index (Phi) is 3.49. The lowest BCUT2D eigenvalue weighted by molar-refractivity contribution is 0.366. The van der Waals surface area contributed by atoms with Crippen molar-refractivity contribution >= 4 is 10.8 Å². The second-order valence-electron chi connectivity index (χ2n) is 6.93. The first-order chi connectivity index (χ1) is 12.8. The Bertz CT molecular complexity index is 1160. The average molecular weight is 342 g/mol. The number of hydrogen-bond acceptors (Lipinski definition) is 3. The number of nitrogens with one attached hydrogen (secondary N) is 1. The highest BCUT2D eigenvalue weighted by Crippen LogP contribution is 2.31. The van der Waals surface area contributed by atoms with E-state index in [9.17, 15) is 4.79 Å². The Morgan fingerprint density at radius 3 is 2.81 bits per heavy atom. The molecule has 2 heterocycles. The van der Waals surface area contributed by atoms with Gasteiger partial charge >= 0.3 is 0 Å². The maximum atomic E-state index is 12.7. The Balaban J connectivity index is 1.49. The first-order valence-corrected chi connectivity index (χ1v) is 8.93. The number of nitrogens with zero attached hydrogens (tertiary/aromatic N) is 1. The van der Waals surface area contributed by atoms with E-state index in [2.05, 4.69) is 40.5 Å². The second kappa shape index (κ2) is 5.99. The van der Waals surface area contributed by atoms with Crippen molar-refractivity contribution in [3.8, 4) is 11.3 Å². The predicted octanol–water partition coefficient (Wildman–Crippen LogP) is 4.46. The first kappa shape index (κ1) is 15.1. The van der Waals surface area contributed by atoms with Gasteiger partial charge in [-0.1, -0.05) is 47.6 Å². The molecule has 0 saturated carbocycles. The van der Waals surface area contributed by atoms with Gasteiger partial charge in [-0.2, -0.15) is 0 Å². The highest BCUT2D eigenvalue weighted by atomic mass is 16.5. The highest BCUT2D eigenvalue weighted by Gasteiger charge is 2.25. The molecule has 4 heteroatoms. The number of rotatable bonds is 2.